The van der Waals surface area contributed by atoms with Crippen molar-refractivity contribution in [2.75, 3.05) is 44.2 Å². The van der Waals surface area contributed by atoms with E-state index in [1.807, 2.05) is 42.6 Å². The molecule has 2 N–H and O–H groups in total. The van der Waals surface area contributed by atoms with Crippen molar-refractivity contribution >= 4 is 11.8 Å². The number of aliphatic imine (C=N–C) groups is 1. The molecule has 0 unspecified atom stereocenters. The Kier molecular flexibility index (Phi) is 7.92. The molecule has 8 heteroatoms. The molecule has 3 aromatic rings. The molecule has 1 aromatic carbocycles. The van der Waals surface area contributed by atoms with Crippen molar-refractivity contribution in [1.29, 1.82) is 0 Å². The molecular formula is C25H33N7O. The number of anilines is 1. The average Bonchev–Trinajstić information content (AvgIpc) is 3.36. The van der Waals surface area contributed by atoms with Gasteiger partial charge < -0.3 is 24.9 Å². The molecule has 33 heavy (non-hydrogen) atoms. The monoisotopic (exact) mass is 447 g/mol. The van der Waals surface area contributed by atoms with E-state index in [1.54, 1.807) is 6.26 Å². The highest BCUT2D eigenvalue weighted by Crippen LogP contribution is 2.18. The van der Waals surface area contributed by atoms with Crippen LogP contribution in [0.15, 0.2) is 64.3 Å². The first-order valence-corrected chi connectivity index (χ1v) is 11.7. The van der Waals surface area contributed by atoms with E-state index < -0.39 is 0 Å². The zero-order valence-corrected chi connectivity index (χ0v) is 19.5. The molecule has 0 saturated carbocycles. The van der Waals surface area contributed by atoms with Crippen LogP contribution in [-0.2, 0) is 13.1 Å². The van der Waals surface area contributed by atoms with Gasteiger partial charge in [-0.3, -0.25) is 0 Å². The molecule has 174 valence electrons. The number of benzene rings is 1. The van der Waals surface area contributed by atoms with E-state index in [0.717, 1.165) is 67.9 Å². The Morgan fingerprint density at radius 2 is 1.88 bits per heavy atom. The van der Waals surface area contributed by atoms with Gasteiger partial charge in [0.25, 0.3) is 0 Å². The minimum Gasteiger partial charge on any atom is -0.444 e. The molecule has 2 aromatic heterocycles. The largest absolute Gasteiger partial charge is 0.444 e. The zero-order valence-electron chi connectivity index (χ0n) is 19.5. The number of rotatable bonds is 8. The predicted molar refractivity (Wildman–Crippen MR) is 132 cm³/mol. The Bertz CT molecular complexity index is 1030. The molecule has 0 atom stereocenters. The van der Waals surface area contributed by atoms with Gasteiger partial charge in [-0.25, -0.2) is 15.0 Å². The van der Waals surface area contributed by atoms with E-state index in [2.05, 4.69) is 50.3 Å². The fourth-order valence-electron chi connectivity index (χ4n) is 3.81. The van der Waals surface area contributed by atoms with Gasteiger partial charge >= 0.3 is 0 Å². The van der Waals surface area contributed by atoms with Crippen molar-refractivity contribution in [1.82, 2.24) is 25.5 Å². The lowest BCUT2D eigenvalue weighted by Crippen LogP contribution is -2.46. The van der Waals surface area contributed by atoms with Gasteiger partial charge in [-0.05, 0) is 43.3 Å². The highest BCUT2D eigenvalue weighted by atomic mass is 16.3. The normalized spacial score (nSPS) is 15.0. The van der Waals surface area contributed by atoms with E-state index in [0.29, 0.717) is 19.0 Å². The first kappa shape index (κ1) is 22.8. The lowest BCUT2D eigenvalue weighted by atomic mass is 10.2. The van der Waals surface area contributed by atoms with Gasteiger partial charge in [0.15, 0.2) is 5.96 Å². The standard InChI is InChI=1S/C25H33N7O/c1-3-26-25(29-18-22-19-33-24(30-22)21-8-6-5-7-9-21)28-17-20-10-11-27-23(16-20)32-14-12-31(4-2)13-15-32/h5-11,16,19H,3-4,12-15,17-18H2,1-2H3,(H2,26,28,29). The van der Waals surface area contributed by atoms with Crippen molar-refractivity contribution in [3.8, 4) is 11.5 Å². The van der Waals surface area contributed by atoms with Crippen LogP contribution in [0.5, 0.6) is 0 Å². The number of pyridine rings is 1. The lowest BCUT2D eigenvalue weighted by molar-refractivity contribution is 0.270. The van der Waals surface area contributed by atoms with Crippen molar-refractivity contribution in [2.24, 2.45) is 4.99 Å². The summed E-state index contributed by atoms with van der Waals surface area (Å²) in [7, 11) is 0. The molecule has 1 saturated heterocycles. The number of nitrogens with zero attached hydrogens (tertiary/aromatic N) is 5. The molecule has 0 bridgehead atoms. The number of nitrogens with one attached hydrogen (secondary N) is 2. The Hall–Kier alpha value is -3.39. The summed E-state index contributed by atoms with van der Waals surface area (Å²) in [5.74, 6) is 2.41. The second-order valence-electron chi connectivity index (χ2n) is 8.00. The van der Waals surface area contributed by atoms with Crippen LogP contribution in [0.25, 0.3) is 11.5 Å². The van der Waals surface area contributed by atoms with E-state index in [9.17, 15) is 0 Å². The van der Waals surface area contributed by atoms with Crippen LogP contribution in [0.3, 0.4) is 0 Å². The second kappa shape index (κ2) is 11.5. The van der Waals surface area contributed by atoms with Crippen LogP contribution in [0.1, 0.15) is 25.1 Å². The highest BCUT2D eigenvalue weighted by molar-refractivity contribution is 5.79. The maximum Gasteiger partial charge on any atom is 0.226 e. The first-order chi connectivity index (χ1) is 16.2. The van der Waals surface area contributed by atoms with Gasteiger partial charge in [0.2, 0.25) is 5.89 Å². The minimum atomic E-state index is 0.533. The summed E-state index contributed by atoms with van der Waals surface area (Å²) in [4.78, 5) is 18.8. The molecule has 0 aliphatic carbocycles. The summed E-state index contributed by atoms with van der Waals surface area (Å²) < 4.78 is 5.63. The summed E-state index contributed by atoms with van der Waals surface area (Å²) in [6, 6.07) is 14.1. The summed E-state index contributed by atoms with van der Waals surface area (Å²) in [6.07, 6.45) is 3.57. The molecule has 4 rings (SSSR count). The number of piperazine rings is 1. The van der Waals surface area contributed by atoms with Gasteiger partial charge in [-0.1, -0.05) is 25.1 Å². The van der Waals surface area contributed by atoms with Crippen LogP contribution >= 0.6 is 0 Å². The van der Waals surface area contributed by atoms with Crippen molar-refractivity contribution in [2.45, 2.75) is 26.9 Å². The molecule has 8 nitrogen and oxygen atoms in total. The number of guanidine groups is 1. The Labute approximate surface area is 195 Å². The molecule has 0 amide bonds. The average molecular weight is 448 g/mol. The maximum atomic E-state index is 5.63. The highest BCUT2D eigenvalue weighted by Gasteiger charge is 2.16. The van der Waals surface area contributed by atoms with E-state index in [1.165, 1.54) is 0 Å². The predicted octanol–water partition coefficient (Wildman–Crippen LogP) is 3.13. The lowest BCUT2D eigenvalue weighted by Gasteiger charge is -2.34. The number of hydrogen-bond donors (Lipinski definition) is 2. The molecule has 0 radical (unpaired) electrons. The summed E-state index contributed by atoms with van der Waals surface area (Å²) in [6.45, 7) is 11.5. The Morgan fingerprint density at radius 3 is 2.64 bits per heavy atom. The summed E-state index contributed by atoms with van der Waals surface area (Å²) in [5.41, 5.74) is 2.94. The first-order valence-electron chi connectivity index (χ1n) is 11.7. The number of likely N-dealkylation sites (N-methyl/N-ethyl adjacent to an activating group) is 1. The number of oxazole rings is 1. The van der Waals surface area contributed by atoms with E-state index in [-0.39, 0.29) is 0 Å². The smallest absolute Gasteiger partial charge is 0.226 e. The van der Waals surface area contributed by atoms with Crippen LogP contribution < -0.4 is 15.5 Å². The SMILES string of the molecule is CCNC(=NCc1ccnc(N2CCN(CC)CC2)c1)NCc1coc(-c2ccccc2)n1. The number of aromatic nitrogens is 2. The van der Waals surface area contributed by atoms with Crippen molar-refractivity contribution in [3.63, 3.8) is 0 Å². The molecule has 1 aliphatic rings. The molecule has 1 aliphatic heterocycles. The van der Waals surface area contributed by atoms with Crippen LogP contribution in [0.2, 0.25) is 0 Å². The second-order valence-corrected chi connectivity index (χ2v) is 8.00. The maximum absolute atomic E-state index is 5.63. The van der Waals surface area contributed by atoms with E-state index in [4.69, 9.17) is 9.41 Å². The third-order valence-electron chi connectivity index (χ3n) is 5.73. The minimum absolute atomic E-state index is 0.533. The van der Waals surface area contributed by atoms with Crippen LogP contribution in [0, 0.1) is 0 Å². The summed E-state index contributed by atoms with van der Waals surface area (Å²) in [5, 5.41) is 6.65. The van der Waals surface area contributed by atoms with Gasteiger partial charge in [-0.2, -0.15) is 0 Å². The third-order valence-corrected chi connectivity index (χ3v) is 5.73. The third kappa shape index (κ3) is 6.32. The quantitative estimate of drug-likeness (QED) is 0.406. The van der Waals surface area contributed by atoms with Gasteiger partial charge in [-0.15, -0.1) is 0 Å². The van der Waals surface area contributed by atoms with Crippen molar-refractivity contribution in [3.05, 3.63) is 66.2 Å². The summed E-state index contributed by atoms with van der Waals surface area (Å²) >= 11 is 0. The topological polar surface area (TPSA) is 81.8 Å². The number of hydrogen-bond acceptors (Lipinski definition) is 6. The Balaban J connectivity index is 1.35. The molecule has 0 spiro atoms. The van der Waals surface area contributed by atoms with Gasteiger partial charge in [0, 0.05) is 44.5 Å². The molecule has 1 fully saturated rings. The Morgan fingerprint density at radius 1 is 1.06 bits per heavy atom. The van der Waals surface area contributed by atoms with Gasteiger partial charge in [0.1, 0.15) is 12.1 Å². The molecule has 3 heterocycles. The van der Waals surface area contributed by atoms with Crippen molar-refractivity contribution < 1.29 is 4.42 Å². The fraction of sp³-hybridized carbons (Fsp3) is 0.400. The van der Waals surface area contributed by atoms with Crippen LogP contribution in [-0.4, -0.2) is 60.1 Å². The molecular weight excluding hydrogens is 414 g/mol. The fourth-order valence-corrected chi connectivity index (χ4v) is 3.81. The van der Waals surface area contributed by atoms with Gasteiger partial charge in [0.05, 0.1) is 18.8 Å². The zero-order chi connectivity index (χ0) is 22.9. The van der Waals surface area contributed by atoms with E-state index >= 15 is 0 Å². The van der Waals surface area contributed by atoms with Crippen LogP contribution in [0.4, 0.5) is 5.82 Å².